The highest BCUT2D eigenvalue weighted by molar-refractivity contribution is 5.68. The number of carbonyl (C=O) groups excluding carboxylic acids is 1. The summed E-state index contributed by atoms with van der Waals surface area (Å²) < 4.78 is 5.36. The lowest BCUT2D eigenvalue weighted by Crippen LogP contribution is -2.45. The summed E-state index contributed by atoms with van der Waals surface area (Å²) in [5.41, 5.74) is 5.69. The van der Waals surface area contributed by atoms with Crippen molar-refractivity contribution in [2.45, 2.75) is 70.6 Å². The van der Waals surface area contributed by atoms with Gasteiger partial charge in [-0.15, -0.1) is 0 Å². The predicted octanol–water partition coefficient (Wildman–Crippen LogP) is 2.17. The first kappa shape index (κ1) is 13.3. The third-order valence-corrected chi connectivity index (χ3v) is 2.83. The molecule has 4 nitrogen and oxygen atoms in total. The lowest BCUT2D eigenvalue weighted by atomic mass is 9.83. The molecule has 0 radical (unpaired) electrons. The van der Waals surface area contributed by atoms with Crippen molar-refractivity contribution in [3.05, 3.63) is 0 Å². The highest BCUT2D eigenvalue weighted by Crippen LogP contribution is 2.27. The fraction of sp³-hybridized carbons (Fsp3) is 0.917. The maximum atomic E-state index is 11.5. The van der Waals surface area contributed by atoms with E-state index in [2.05, 4.69) is 12.2 Å². The van der Waals surface area contributed by atoms with Crippen LogP contribution < -0.4 is 11.1 Å². The molecule has 0 heterocycles. The van der Waals surface area contributed by atoms with Crippen LogP contribution in [0.4, 0.5) is 4.79 Å². The summed E-state index contributed by atoms with van der Waals surface area (Å²) in [5, 5.41) is 2.79. The van der Waals surface area contributed by atoms with Crippen LogP contribution in [0.25, 0.3) is 0 Å². The van der Waals surface area contributed by atoms with E-state index in [1.54, 1.807) is 0 Å². The maximum Gasteiger partial charge on any atom is 0.407 e. The van der Waals surface area contributed by atoms with E-state index in [0.717, 1.165) is 25.7 Å². The summed E-state index contributed by atoms with van der Waals surface area (Å²) in [6.07, 6.45) is 3.27. The van der Waals surface area contributed by atoms with Gasteiger partial charge < -0.3 is 15.8 Å². The van der Waals surface area contributed by atoms with Gasteiger partial charge in [0.15, 0.2) is 0 Å². The van der Waals surface area contributed by atoms with E-state index in [1.807, 2.05) is 20.8 Å². The van der Waals surface area contributed by atoms with E-state index in [-0.39, 0.29) is 23.3 Å². The Hall–Kier alpha value is -0.770. The minimum atomic E-state index is -0.321. The highest BCUT2D eigenvalue weighted by Gasteiger charge is 2.29. The molecule has 0 spiro atoms. The van der Waals surface area contributed by atoms with E-state index < -0.39 is 0 Å². The van der Waals surface area contributed by atoms with E-state index in [4.69, 9.17) is 10.5 Å². The molecular weight excluding hydrogens is 204 g/mol. The van der Waals surface area contributed by atoms with Gasteiger partial charge in [0.1, 0.15) is 6.10 Å². The number of alkyl carbamates (subject to hydrolysis) is 1. The van der Waals surface area contributed by atoms with Crippen molar-refractivity contribution < 1.29 is 9.53 Å². The van der Waals surface area contributed by atoms with Crippen LogP contribution in [-0.4, -0.2) is 23.3 Å². The maximum absolute atomic E-state index is 11.5. The summed E-state index contributed by atoms with van der Waals surface area (Å²) in [5.74, 6) is 0. The monoisotopic (exact) mass is 228 g/mol. The molecule has 1 aliphatic carbocycles. The van der Waals surface area contributed by atoms with Crippen molar-refractivity contribution in [2.24, 2.45) is 5.73 Å². The van der Waals surface area contributed by atoms with Crippen LogP contribution in [0.15, 0.2) is 0 Å². The van der Waals surface area contributed by atoms with Gasteiger partial charge in [-0.05, 0) is 53.4 Å². The first-order valence-corrected chi connectivity index (χ1v) is 5.96. The number of nitrogens with one attached hydrogen (secondary N) is 1. The number of hydrogen-bond acceptors (Lipinski definition) is 3. The summed E-state index contributed by atoms with van der Waals surface area (Å²) in [6.45, 7) is 7.86. The smallest absolute Gasteiger partial charge is 0.407 e. The zero-order valence-electron chi connectivity index (χ0n) is 10.8. The van der Waals surface area contributed by atoms with Crippen molar-refractivity contribution in [3.8, 4) is 0 Å². The molecule has 0 unspecified atom stereocenters. The molecule has 0 aromatic rings. The van der Waals surface area contributed by atoms with Gasteiger partial charge in [-0.3, -0.25) is 0 Å². The Morgan fingerprint density at radius 1 is 1.38 bits per heavy atom. The van der Waals surface area contributed by atoms with E-state index in [0.29, 0.717) is 0 Å². The summed E-state index contributed by atoms with van der Waals surface area (Å²) in [6, 6.07) is 0. The van der Waals surface area contributed by atoms with Crippen LogP contribution in [0.1, 0.15) is 53.4 Å². The standard InChI is InChI=1S/C12H24N2O2/c1-11(2,3)14-10(15)16-9-5-7-12(4,13)8-6-9/h9H,5-8,13H2,1-4H3,(H,14,15). The number of nitrogens with two attached hydrogens (primary N) is 1. The van der Waals surface area contributed by atoms with E-state index >= 15 is 0 Å². The van der Waals surface area contributed by atoms with Crippen molar-refractivity contribution in [1.29, 1.82) is 0 Å². The average Bonchev–Trinajstić information content (AvgIpc) is 2.05. The molecule has 0 atom stereocenters. The molecule has 1 fully saturated rings. The van der Waals surface area contributed by atoms with E-state index in [9.17, 15) is 4.79 Å². The largest absolute Gasteiger partial charge is 0.446 e. The Bertz CT molecular complexity index is 246. The lowest BCUT2D eigenvalue weighted by molar-refractivity contribution is 0.0569. The molecule has 0 aromatic heterocycles. The fourth-order valence-corrected chi connectivity index (χ4v) is 1.86. The minimum Gasteiger partial charge on any atom is -0.446 e. The molecule has 0 aromatic carbocycles. The zero-order chi connectivity index (χ0) is 12.4. The predicted molar refractivity (Wildman–Crippen MR) is 64.2 cm³/mol. The van der Waals surface area contributed by atoms with Crippen LogP contribution in [-0.2, 0) is 4.74 Å². The molecule has 16 heavy (non-hydrogen) atoms. The molecule has 0 aliphatic heterocycles. The van der Waals surface area contributed by atoms with Crippen LogP contribution in [0, 0.1) is 0 Å². The van der Waals surface area contributed by atoms with Gasteiger partial charge in [0.05, 0.1) is 0 Å². The molecule has 3 N–H and O–H groups in total. The van der Waals surface area contributed by atoms with Crippen molar-refractivity contribution in [1.82, 2.24) is 5.32 Å². The molecule has 1 rings (SSSR count). The molecule has 1 saturated carbocycles. The Balaban J connectivity index is 2.32. The Morgan fingerprint density at radius 2 is 1.88 bits per heavy atom. The number of amides is 1. The molecule has 0 saturated heterocycles. The molecule has 94 valence electrons. The summed E-state index contributed by atoms with van der Waals surface area (Å²) in [7, 11) is 0. The number of carbonyl (C=O) groups is 1. The second-order valence-corrected chi connectivity index (χ2v) is 6.13. The topological polar surface area (TPSA) is 64.3 Å². The van der Waals surface area contributed by atoms with Gasteiger partial charge in [-0.25, -0.2) is 4.79 Å². The van der Waals surface area contributed by atoms with Crippen LogP contribution in [0.2, 0.25) is 0 Å². The first-order chi connectivity index (χ1) is 7.18. The third kappa shape index (κ3) is 4.84. The average molecular weight is 228 g/mol. The Morgan fingerprint density at radius 3 is 2.31 bits per heavy atom. The Labute approximate surface area is 97.9 Å². The second-order valence-electron chi connectivity index (χ2n) is 6.13. The fourth-order valence-electron chi connectivity index (χ4n) is 1.86. The van der Waals surface area contributed by atoms with Gasteiger partial charge in [0.2, 0.25) is 0 Å². The number of rotatable bonds is 1. The normalized spacial score (nSPS) is 30.9. The van der Waals surface area contributed by atoms with Gasteiger partial charge in [-0.1, -0.05) is 0 Å². The van der Waals surface area contributed by atoms with Crippen LogP contribution >= 0.6 is 0 Å². The molecule has 0 bridgehead atoms. The highest BCUT2D eigenvalue weighted by atomic mass is 16.6. The van der Waals surface area contributed by atoms with Crippen molar-refractivity contribution in [3.63, 3.8) is 0 Å². The number of ether oxygens (including phenoxy) is 1. The molecule has 1 aliphatic rings. The quantitative estimate of drug-likeness (QED) is 0.723. The van der Waals surface area contributed by atoms with Gasteiger partial charge in [-0.2, -0.15) is 0 Å². The molecular formula is C12H24N2O2. The van der Waals surface area contributed by atoms with Crippen molar-refractivity contribution in [2.75, 3.05) is 0 Å². The zero-order valence-corrected chi connectivity index (χ0v) is 10.8. The summed E-state index contributed by atoms with van der Waals surface area (Å²) >= 11 is 0. The SMILES string of the molecule is CC1(N)CCC(OC(=O)NC(C)(C)C)CC1. The first-order valence-electron chi connectivity index (χ1n) is 5.96. The second kappa shape index (κ2) is 4.62. The van der Waals surface area contributed by atoms with Gasteiger partial charge in [0, 0.05) is 11.1 Å². The third-order valence-electron chi connectivity index (χ3n) is 2.83. The number of hydrogen-bond donors (Lipinski definition) is 2. The van der Waals surface area contributed by atoms with Gasteiger partial charge in [0.25, 0.3) is 0 Å². The van der Waals surface area contributed by atoms with E-state index in [1.165, 1.54) is 0 Å². The van der Waals surface area contributed by atoms with Crippen LogP contribution in [0.3, 0.4) is 0 Å². The Kier molecular flexibility index (Phi) is 3.84. The minimum absolute atomic E-state index is 0.0268. The molecule has 4 heteroatoms. The summed E-state index contributed by atoms with van der Waals surface area (Å²) in [4.78, 5) is 11.5. The molecule has 1 amide bonds. The lowest BCUT2D eigenvalue weighted by Gasteiger charge is -2.34. The van der Waals surface area contributed by atoms with Crippen LogP contribution in [0.5, 0.6) is 0 Å². The van der Waals surface area contributed by atoms with Crippen molar-refractivity contribution >= 4 is 6.09 Å². The van der Waals surface area contributed by atoms with Gasteiger partial charge >= 0.3 is 6.09 Å².